The van der Waals surface area contributed by atoms with E-state index >= 15 is 0 Å². The monoisotopic (exact) mass is 406 g/mol. The molecule has 0 saturated carbocycles. The average molecular weight is 407 g/mol. The Bertz CT molecular complexity index is 915. The van der Waals surface area contributed by atoms with E-state index in [0.717, 1.165) is 0 Å². The minimum Gasteiger partial charge on any atom is -0.349 e. The van der Waals surface area contributed by atoms with Gasteiger partial charge in [-0.05, 0) is 36.4 Å². The Balaban J connectivity index is 1.65. The molecule has 1 saturated heterocycles. The van der Waals surface area contributed by atoms with Crippen molar-refractivity contribution in [2.24, 2.45) is 0 Å². The predicted octanol–water partition coefficient (Wildman–Crippen LogP) is 2.58. The first kappa shape index (κ1) is 19.6. The van der Waals surface area contributed by atoms with Crippen LogP contribution in [-0.2, 0) is 9.84 Å². The van der Waals surface area contributed by atoms with Crippen molar-refractivity contribution in [2.45, 2.75) is 30.7 Å². The lowest BCUT2D eigenvalue weighted by molar-refractivity contribution is 0.0694. The van der Waals surface area contributed by atoms with Gasteiger partial charge in [0.2, 0.25) is 0 Å². The highest BCUT2D eigenvalue weighted by Gasteiger charge is 2.28. The van der Waals surface area contributed by atoms with Gasteiger partial charge in [0.1, 0.15) is 0 Å². The second-order valence-corrected chi connectivity index (χ2v) is 9.48. The van der Waals surface area contributed by atoms with E-state index < -0.39 is 9.84 Å². The highest BCUT2D eigenvalue weighted by molar-refractivity contribution is 7.91. The molecule has 0 atom stereocenters. The average Bonchev–Trinajstić information content (AvgIpc) is 3.23. The number of thiophene rings is 1. The molecule has 2 heterocycles. The molecule has 0 radical (unpaired) electrons. The second-order valence-electron chi connectivity index (χ2n) is 6.45. The summed E-state index contributed by atoms with van der Waals surface area (Å²) in [6.45, 7) is 2.53. The Morgan fingerprint density at radius 3 is 2.52 bits per heavy atom. The summed E-state index contributed by atoms with van der Waals surface area (Å²) in [5.41, 5.74) is 0.873. The van der Waals surface area contributed by atoms with Crippen LogP contribution in [0.25, 0.3) is 0 Å². The van der Waals surface area contributed by atoms with Gasteiger partial charge in [0.05, 0.1) is 16.2 Å². The van der Waals surface area contributed by atoms with E-state index in [2.05, 4.69) is 5.32 Å². The highest BCUT2D eigenvalue weighted by atomic mass is 32.2. The normalized spacial score (nSPS) is 15.5. The molecule has 8 heteroatoms. The maximum atomic E-state index is 12.9. The van der Waals surface area contributed by atoms with Crippen molar-refractivity contribution in [1.29, 1.82) is 0 Å². The number of carbonyl (C=O) groups excluding carboxylic acids is 2. The molecule has 144 valence electrons. The third kappa shape index (κ3) is 4.39. The van der Waals surface area contributed by atoms with Crippen molar-refractivity contribution in [3.8, 4) is 0 Å². The third-order valence-electron chi connectivity index (χ3n) is 4.73. The first-order valence-electron chi connectivity index (χ1n) is 8.86. The van der Waals surface area contributed by atoms with Gasteiger partial charge in [-0.25, -0.2) is 8.42 Å². The number of nitrogens with zero attached hydrogens (tertiary/aromatic N) is 1. The molecule has 0 aliphatic carbocycles. The summed E-state index contributed by atoms with van der Waals surface area (Å²) in [5.74, 6) is -0.417. The van der Waals surface area contributed by atoms with E-state index in [1.807, 2.05) is 5.38 Å². The van der Waals surface area contributed by atoms with E-state index in [1.54, 1.807) is 41.5 Å². The Labute approximate surface area is 163 Å². The van der Waals surface area contributed by atoms with Crippen LogP contribution in [0.4, 0.5) is 0 Å². The van der Waals surface area contributed by atoms with Crippen LogP contribution in [0, 0.1) is 0 Å². The highest BCUT2D eigenvalue weighted by Crippen LogP contribution is 2.21. The van der Waals surface area contributed by atoms with Crippen LogP contribution in [0.5, 0.6) is 0 Å². The molecule has 1 aromatic heterocycles. The number of amides is 2. The standard InChI is InChI=1S/C19H22N2O4S2/c1-2-27(24,25)17-6-4-3-5-16(17)19(23)21-10-7-15(8-11-21)20-18(22)14-9-12-26-13-14/h3-6,9,12-13,15H,2,7-8,10-11H2,1H3,(H,20,22). The van der Waals surface area contributed by atoms with Crippen LogP contribution >= 0.6 is 11.3 Å². The smallest absolute Gasteiger partial charge is 0.255 e. The van der Waals surface area contributed by atoms with Crippen LogP contribution in [0.2, 0.25) is 0 Å². The lowest BCUT2D eigenvalue weighted by atomic mass is 10.0. The molecule has 0 unspecified atom stereocenters. The number of sulfone groups is 1. The fraction of sp³-hybridized carbons (Fsp3) is 0.368. The summed E-state index contributed by atoms with van der Waals surface area (Å²) >= 11 is 1.47. The summed E-state index contributed by atoms with van der Waals surface area (Å²) in [7, 11) is -3.47. The third-order valence-corrected chi connectivity index (χ3v) is 7.20. The Hall–Kier alpha value is -2.19. The largest absolute Gasteiger partial charge is 0.349 e. The second kappa shape index (κ2) is 8.22. The number of carbonyl (C=O) groups is 2. The molecular weight excluding hydrogens is 384 g/mol. The van der Waals surface area contributed by atoms with Crippen LogP contribution in [0.1, 0.15) is 40.5 Å². The lowest BCUT2D eigenvalue weighted by Gasteiger charge is -2.32. The summed E-state index contributed by atoms with van der Waals surface area (Å²) in [4.78, 5) is 26.8. The van der Waals surface area contributed by atoms with Gasteiger partial charge in [-0.15, -0.1) is 0 Å². The fourth-order valence-corrected chi connectivity index (χ4v) is 4.85. The van der Waals surface area contributed by atoms with E-state index in [1.165, 1.54) is 17.4 Å². The minimum atomic E-state index is -3.47. The van der Waals surface area contributed by atoms with Gasteiger partial charge >= 0.3 is 0 Å². The van der Waals surface area contributed by atoms with E-state index in [0.29, 0.717) is 31.5 Å². The molecular formula is C19H22N2O4S2. The molecule has 1 fully saturated rings. The summed E-state index contributed by atoms with van der Waals surface area (Å²) in [6.07, 6.45) is 1.29. The van der Waals surface area contributed by atoms with Gasteiger partial charge in [-0.2, -0.15) is 11.3 Å². The number of piperidine rings is 1. The SMILES string of the molecule is CCS(=O)(=O)c1ccccc1C(=O)N1CCC(NC(=O)c2ccsc2)CC1. The molecule has 2 aromatic rings. The molecule has 0 spiro atoms. The number of benzene rings is 1. The number of hydrogen-bond donors (Lipinski definition) is 1. The summed E-state index contributed by atoms with van der Waals surface area (Å²) in [6, 6.07) is 8.15. The first-order valence-corrected chi connectivity index (χ1v) is 11.5. The topological polar surface area (TPSA) is 83.6 Å². The molecule has 3 rings (SSSR count). The van der Waals surface area contributed by atoms with Gasteiger partial charge in [0.25, 0.3) is 11.8 Å². The minimum absolute atomic E-state index is 0.0102. The summed E-state index contributed by atoms with van der Waals surface area (Å²) < 4.78 is 24.6. The molecule has 1 aromatic carbocycles. The molecule has 27 heavy (non-hydrogen) atoms. The molecule has 1 aliphatic rings. The molecule has 1 N–H and O–H groups in total. The number of nitrogens with one attached hydrogen (secondary N) is 1. The molecule has 2 amide bonds. The van der Waals surface area contributed by atoms with Gasteiger partial charge in [0.15, 0.2) is 9.84 Å². The van der Waals surface area contributed by atoms with Crippen molar-refractivity contribution in [3.05, 3.63) is 52.2 Å². The zero-order valence-corrected chi connectivity index (χ0v) is 16.7. The number of hydrogen-bond acceptors (Lipinski definition) is 5. The molecule has 0 bridgehead atoms. The van der Waals surface area contributed by atoms with Crippen LogP contribution in [0.15, 0.2) is 46.0 Å². The Kier molecular flexibility index (Phi) is 5.96. The lowest BCUT2D eigenvalue weighted by Crippen LogP contribution is -2.46. The maximum Gasteiger partial charge on any atom is 0.255 e. The van der Waals surface area contributed by atoms with Crippen LogP contribution in [-0.4, -0.2) is 50.0 Å². The number of rotatable bonds is 5. The predicted molar refractivity (Wildman–Crippen MR) is 105 cm³/mol. The molecule has 6 nitrogen and oxygen atoms in total. The van der Waals surface area contributed by atoms with Crippen molar-refractivity contribution in [3.63, 3.8) is 0 Å². The maximum absolute atomic E-state index is 12.9. The van der Waals surface area contributed by atoms with Crippen molar-refractivity contribution in [2.75, 3.05) is 18.8 Å². The van der Waals surface area contributed by atoms with Crippen molar-refractivity contribution >= 4 is 33.0 Å². The van der Waals surface area contributed by atoms with Gasteiger partial charge < -0.3 is 10.2 Å². The zero-order valence-electron chi connectivity index (χ0n) is 15.1. The number of likely N-dealkylation sites (tertiary alicyclic amines) is 1. The van der Waals surface area contributed by atoms with E-state index in [9.17, 15) is 18.0 Å². The summed E-state index contributed by atoms with van der Waals surface area (Å²) in [5, 5.41) is 6.66. The zero-order chi connectivity index (χ0) is 19.4. The van der Waals surface area contributed by atoms with Crippen molar-refractivity contribution in [1.82, 2.24) is 10.2 Å². The molecule has 1 aliphatic heterocycles. The van der Waals surface area contributed by atoms with Crippen LogP contribution < -0.4 is 5.32 Å². The van der Waals surface area contributed by atoms with Crippen molar-refractivity contribution < 1.29 is 18.0 Å². The van der Waals surface area contributed by atoms with Crippen LogP contribution in [0.3, 0.4) is 0 Å². The Morgan fingerprint density at radius 1 is 1.19 bits per heavy atom. The quantitative estimate of drug-likeness (QED) is 0.827. The van der Waals surface area contributed by atoms with E-state index in [-0.39, 0.29) is 34.1 Å². The Morgan fingerprint density at radius 2 is 1.89 bits per heavy atom. The fourth-order valence-electron chi connectivity index (χ4n) is 3.13. The van der Waals surface area contributed by atoms with Gasteiger partial charge in [0, 0.05) is 30.1 Å². The first-order chi connectivity index (χ1) is 12.9. The van der Waals surface area contributed by atoms with Gasteiger partial charge in [-0.1, -0.05) is 19.1 Å². The van der Waals surface area contributed by atoms with E-state index in [4.69, 9.17) is 0 Å². The van der Waals surface area contributed by atoms with Gasteiger partial charge in [-0.3, -0.25) is 9.59 Å².